The predicted octanol–water partition coefficient (Wildman–Crippen LogP) is 0.582. The predicted molar refractivity (Wildman–Crippen MR) is 67.7 cm³/mol. The molecule has 0 amide bonds. The zero-order chi connectivity index (χ0) is 12.3. The zero-order valence-corrected chi connectivity index (χ0v) is 9.30. The molecule has 0 aliphatic heterocycles. The number of nitrogens with zero attached hydrogens (tertiary/aromatic N) is 1. The molecule has 1 aromatic heterocycles. The zero-order valence-electron chi connectivity index (χ0n) is 9.30. The van der Waals surface area contributed by atoms with E-state index in [0.29, 0.717) is 11.2 Å². The molecule has 0 saturated carbocycles. The Kier molecular flexibility index (Phi) is 3.41. The van der Waals surface area contributed by atoms with E-state index in [2.05, 4.69) is 10.3 Å². The van der Waals surface area contributed by atoms with E-state index in [0.717, 1.165) is 11.1 Å². The summed E-state index contributed by atoms with van der Waals surface area (Å²) in [6, 6.07) is 6.93. The summed E-state index contributed by atoms with van der Waals surface area (Å²) < 4.78 is 0. The van der Waals surface area contributed by atoms with Crippen molar-refractivity contribution in [2.75, 3.05) is 24.3 Å². The van der Waals surface area contributed by atoms with E-state index in [1.54, 1.807) is 18.3 Å². The summed E-state index contributed by atoms with van der Waals surface area (Å²) in [5, 5.41) is 22.0. The van der Waals surface area contributed by atoms with Gasteiger partial charge in [-0.05, 0) is 12.1 Å². The van der Waals surface area contributed by atoms with Crippen molar-refractivity contribution < 1.29 is 10.2 Å². The van der Waals surface area contributed by atoms with E-state index in [1.807, 2.05) is 12.1 Å². The third-order valence-corrected chi connectivity index (χ3v) is 2.60. The molecule has 0 bridgehead atoms. The molecule has 0 atom stereocenters. The molecule has 2 aromatic rings. The van der Waals surface area contributed by atoms with Gasteiger partial charge in [-0.15, -0.1) is 0 Å². The quantitative estimate of drug-likeness (QED) is 0.580. The summed E-state index contributed by atoms with van der Waals surface area (Å²) in [5.74, 6) is 0. The summed E-state index contributed by atoms with van der Waals surface area (Å²) in [5.41, 5.74) is 7.96. The number of nitrogens with one attached hydrogen (secondary N) is 1. The number of fused-ring (bicyclic) bond motifs is 1. The summed E-state index contributed by atoms with van der Waals surface area (Å²) in [4.78, 5) is 4.21. The maximum absolute atomic E-state index is 9.05. The van der Waals surface area contributed by atoms with Crippen molar-refractivity contribution in [2.24, 2.45) is 0 Å². The largest absolute Gasteiger partial charge is 0.397 e. The summed E-state index contributed by atoms with van der Waals surface area (Å²) >= 11 is 0. The van der Waals surface area contributed by atoms with Crippen LogP contribution in [-0.4, -0.2) is 34.5 Å². The van der Waals surface area contributed by atoms with Crippen LogP contribution < -0.4 is 11.1 Å². The van der Waals surface area contributed by atoms with Gasteiger partial charge in [-0.2, -0.15) is 0 Å². The van der Waals surface area contributed by atoms with Crippen LogP contribution in [0, 0.1) is 0 Å². The number of para-hydroxylation sites is 1. The smallest absolute Gasteiger partial charge is 0.0951 e. The fourth-order valence-corrected chi connectivity index (χ4v) is 1.69. The van der Waals surface area contributed by atoms with Crippen LogP contribution in [-0.2, 0) is 0 Å². The number of nitrogens with two attached hydrogens (primary N) is 1. The highest BCUT2D eigenvalue weighted by Crippen LogP contribution is 2.25. The monoisotopic (exact) mass is 233 g/mol. The third kappa shape index (κ3) is 2.30. The molecule has 0 spiro atoms. The van der Waals surface area contributed by atoms with Gasteiger partial charge in [-0.25, -0.2) is 0 Å². The first kappa shape index (κ1) is 11.6. The summed E-state index contributed by atoms with van der Waals surface area (Å²) in [6.45, 7) is -0.273. The lowest BCUT2D eigenvalue weighted by Crippen LogP contribution is -2.27. The van der Waals surface area contributed by atoms with Crippen LogP contribution in [0.15, 0.2) is 30.5 Å². The SMILES string of the molecule is Nc1cccc2c(NC(CO)CO)ccnc12. The van der Waals surface area contributed by atoms with Gasteiger partial charge in [0.05, 0.1) is 30.5 Å². The molecule has 0 aliphatic carbocycles. The summed E-state index contributed by atoms with van der Waals surface area (Å²) in [6.07, 6.45) is 1.65. The number of benzene rings is 1. The van der Waals surface area contributed by atoms with Gasteiger partial charge in [0.15, 0.2) is 0 Å². The second-order valence-electron chi connectivity index (χ2n) is 3.81. The maximum atomic E-state index is 9.05. The van der Waals surface area contributed by atoms with Crippen LogP contribution in [0.4, 0.5) is 11.4 Å². The average Bonchev–Trinajstić information content (AvgIpc) is 2.37. The standard InChI is InChI=1S/C12H15N3O2/c13-10-3-1-2-9-11(4-5-14-12(9)10)15-8(6-16)7-17/h1-5,8,16-17H,6-7,13H2,(H,14,15). The highest BCUT2D eigenvalue weighted by atomic mass is 16.3. The van der Waals surface area contributed by atoms with Gasteiger partial charge in [0.1, 0.15) is 0 Å². The molecule has 17 heavy (non-hydrogen) atoms. The number of nitrogen functional groups attached to an aromatic ring is 1. The molecule has 0 radical (unpaired) electrons. The molecule has 5 nitrogen and oxygen atoms in total. The van der Waals surface area contributed by atoms with Crippen molar-refractivity contribution in [1.29, 1.82) is 0 Å². The number of aliphatic hydroxyl groups is 2. The fraction of sp³-hybridized carbons (Fsp3) is 0.250. The molecular weight excluding hydrogens is 218 g/mol. The number of hydrogen-bond acceptors (Lipinski definition) is 5. The van der Waals surface area contributed by atoms with Crippen LogP contribution in [0.5, 0.6) is 0 Å². The molecule has 0 unspecified atom stereocenters. The Morgan fingerprint density at radius 2 is 2.00 bits per heavy atom. The topological polar surface area (TPSA) is 91.4 Å². The maximum Gasteiger partial charge on any atom is 0.0951 e. The Labute approximate surface area is 98.9 Å². The van der Waals surface area contributed by atoms with E-state index in [4.69, 9.17) is 15.9 Å². The van der Waals surface area contributed by atoms with Crippen molar-refractivity contribution in [1.82, 2.24) is 4.98 Å². The van der Waals surface area contributed by atoms with E-state index in [9.17, 15) is 0 Å². The van der Waals surface area contributed by atoms with Gasteiger partial charge in [-0.3, -0.25) is 4.98 Å². The molecule has 90 valence electrons. The Bertz CT molecular complexity index is 512. The average molecular weight is 233 g/mol. The Balaban J connectivity index is 2.44. The van der Waals surface area contributed by atoms with E-state index < -0.39 is 0 Å². The number of anilines is 2. The number of pyridine rings is 1. The molecule has 0 saturated heterocycles. The normalized spacial score (nSPS) is 11.0. The van der Waals surface area contributed by atoms with E-state index in [-0.39, 0.29) is 19.3 Å². The van der Waals surface area contributed by atoms with Gasteiger partial charge in [0, 0.05) is 17.3 Å². The minimum atomic E-state index is -0.387. The van der Waals surface area contributed by atoms with Gasteiger partial charge < -0.3 is 21.3 Å². The second-order valence-corrected chi connectivity index (χ2v) is 3.81. The lowest BCUT2D eigenvalue weighted by molar-refractivity contribution is 0.204. The molecule has 1 aromatic carbocycles. The van der Waals surface area contributed by atoms with E-state index in [1.165, 1.54) is 0 Å². The second kappa shape index (κ2) is 4.99. The van der Waals surface area contributed by atoms with Gasteiger partial charge in [-0.1, -0.05) is 12.1 Å². The lowest BCUT2D eigenvalue weighted by atomic mass is 10.1. The number of hydrogen-bond donors (Lipinski definition) is 4. The van der Waals surface area contributed by atoms with E-state index >= 15 is 0 Å². The lowest BCUT2D eigenvalue weighted by Gasteiger charge is -2.16. The molecule has 0 fully saturated rings. The van der Waals surface area contributed by atoms with Crippen LogP contribution in [0.25, 0.3) is 10.9 Å². The first-order valence-electron chi connectivity index (χ1n) is 5.37. The Morgan fingerprint density at radius 1 is 1.24 bits per heavy atom. The van der Waals surface area contributed by atoms with Crippen molar-refractivity contribution >= 4 is 22.3 Å². The van der Waals surface area contributed by atoms with Crippen LogP contribution in [0.1, 0.15) is 0 Å². The van der Waals surface area contributed by atoms with Gasteiger partial charge >= 0.3 is 0 Å². The highest BCUT2D eigenvalue weighted by molar-refractivity contribution is 5.97. The van der Waals surface area contributed by atoms with Crippen molar-refractivity contribution in [3.63, 3.8) is 0 Å². The number of aliphatic hydroxyl groups excluding tert-OH is 2. The third-order valence-electron chi connectivity index (χ3n) is 2.60. The van der Waals surface area contributed by atoms with Crippen LogP contribution in [0.3, 0.4) is 0 Å². The van der Waals surface area contributed by atoms with Gasteiger partial charge in [0.2, 0.25) is 0 Å². The molecule has 5 N–H and O–H groups in total. The van der Waals surface area contributed by atoms with Crippen molar-refractivity contribution in [2.45, 2.75) is 6.04 Å². The first-order chi connectivity index (χ1) is 8.26. The minimum absolute atomic E-state index is 0.136. The Hall–Kier alpha value is -1.85. The number of aromatic nitrogens is 1. The first-order valence-corrected chi connectivity index (χ1v) is 5.37. The minimum Gasteiger partial charge on any atom is -0.397 e. The Morgan fingerprint density at radius 3 is 2.71 bits per heavy atom. The van der Waals surface area contributed by atoms with Crippen molar-refractivity contribution in [3.8, 4) is 0 Å². The summed E-state index contributed by atoms with van der Waals surface area (Å²) in [7, 11) is 0. The molecule has 5 heteroatoms. The number of rotatable bonds is 4. The highest BCUT2D eigenvalue weighted by Gasteiger charge is 2.09. The molecular formula is C12H15N3O2. The van der Waals surface area contributed by atoms with Crippen LogP contribution in [0.2, 0.25) is 0 Å². The van der Waals surface area contributed by atoms with Gasteiger partial charge in [0.25, 0.3) is 0 Å². The van der Waals surface area contributed by atoms with Crippen molar-refractivity contribution in [3.05, 3.63) is 30.5 Å². The molecule has 1 heterocycles. The molecule has 0 aliphatic rings. The van der Waals surface area contributed by atoms with Crippen LogP contribution >= 0.6 is 0 Å². The fourth-order valence-electron chi connectivity index (χ4n) is 1.69. The molecule has 2 rings (SSSR count).